The lowest BCUT2D eigenvalue weighted by atomic mass is 9.96. The molecule has 2 amide bonds. The first-order valence-electron chi connectivity index (χ1n) is 7.67. The monoisotopic (exact) mass is 378 g/mol. The zero-order chi connectivity index (χ0) is 16.2. The van der Waals surface area contributed by atoms with E-state index in [9.17, 15) is 9.59 Å². The number of hydrogen-bond acceptors (Lipinski definition) is 5. The summed E-state index contributed by atoms with van der Waals surface area (Å²) in [7, 11) is 0. The van der Waals surface area contributed by atoms with Gasteiger partial charge in [-0.25, -0.2) is 0 Å². The minimum Gasteiger partial charge on any atom is -0.389 e. The average molecular weight is 379 g/mol. The number of rotatable bonds is 4. The SMILES string of the molecule is O=C1NC(=O)c2ccc(Br)cc2/C1=C\NCCN1CCNCC1. The molecule has 3 rings (SSSR count). The molecule has 2 aliphatic heterocycles. The summed E-state index contributed by atoms with van der Waals surface area (Å²) in [5, 5.41) is 8.89. The van der Waals surface area contributed by atoms with Crippen molar-refractivity contribution in [2.75, 3.05) is 39.3 Å². The summed E-state index contributed by atoms with van der Waals surface area (Å²) >= 11 is 3.39. The lowest BCUT2D eigenvalue weighted by molar-refractivity contribution is -0.114. The number of benzene rings is 1. The van der Waals surface area contributed by atoms with Crippen LogP contribution in [-0.2, 0) is 4.79 Å². The fourth-order valence-corrected chi connectivity index (χ4v) is 3.13. The number of fused-ring (bicyclic) bond motifs is 1. The summed E-state index contributed by atoms with van der Waals surface area (Å²) in [6.07, 6.45) is 1.70. The van der Waals surface area contributed by atoms with Gasteiger partial charge in [0, 0.05) is 61.1 Å². The van der Waals surface area contributed by atoms with Crippen LogP contribution >= 0.6 is 15.9 Å². The van der Waals surface area contributed by atoms with Crippen LogP contribution in [-0.4, -0.2) is 56.0 Å². The van der Waals surface area contributed by atoms with Gasteiger partial charge < -0.3 is 10.6 Å². The molecule has 23 heavy (non-hydrogen) atoms. The number of imide groups is 1. The fraction of sp³-hybridized carbons (Fsp3) is 0.375. The van der Waals surface area contributed by atoms with E-state index in [-0.39, 0.29) is 11.8 Å². The predicted molar refractivity (Wildman–Crippen MR) is 91.9 cm³/mol. The molecular formula is C16H19BrN4O2. The molecule has 3 N–H and O–H groups in total. The highest BCUT2D eigenvalue weighted by Gasteiger charge is 2.27. The zero-order valence-electron chi connectivity index (χ0n) is 12.7. The van der Waals surface area contributed by atoms with E-state index in [0.717, 1.165) is 43.7 Å². The van der Waals surface area contributed by atoms with Gasteiger partial charge in [0.2, 0.25) is 0 Å². The van der Waals surface area contributed by atoms with Crippen LogP contribution in [0.2, 0.25) is 0 Å². The topological polar surface area (TPSA) is 73.5 Å². The minimum absolute atomic E-state index is 0.351. The van der Waals surface area contributed by atoms with Gasteiger partial charge in [0.1, 0.15) is 0 Å². The Morgan fingerprint density at radius 2 is 1.96 bits per heavy atom. The molecule has 0 aliphatic carbocycles. The van der Waals surface area contributed by atoms with Crippen LogP contribution in [0.15, 0.2) is 28.9 Å². The molecule has 0 bridgehead atoms. The van der Waals surface area contributed by atoms with E-state index >= 15 is 0 Å². The second-order valence-corrected chi connectivity index (χ2v) is 6.49. The first-order valence-corrected chi connectivity index (χ1v) is 8.46. The first-order chi connectivity index (χ1) is 11.1. The summed E-state index contributed by atoms with van der Waals surface area (Å²) in [4.78, 5) is 26.4. The number of nitrogens with zero attached hydrogens (tertiary/aromatic N) is 1. The largest absolute Gasteiger partial charge is 0.389 e. The van der Waals surface area contributed by atoms with Crippen LogP contribution in [0.3, 0.4) is 0 Å². The molecule has 0 spiro atoms. The van der Waals surface area contributed by atoms with Gasteiger partial charge in [-0.3, -0.25) is 19.8 Å². The van der Waals surface area contributed by atoms with Gasteiger partial charge in [0.15, 0.2) is 0 Å². The number of carbonyl (C=O) groups excluding carboxylic acids is 2. The highest BCUT2D eigenvalue weighted by Crippen LogP contribution is 2.26. The quantitative estimate of drug-likeness (QED) is 0.405. The van der Waals surface area contributed by atoms with E-state index < -0.39 is 0 Å². The van der Waals surface area contributed by atoms with Crippen molar-refractivity contribution in [1.82, 2.24) is 20.9 Å². The number of hydrogen-bond donors (Lipinski definition) is 3. The lowest BCUT2D eigenvalue weighted by Gasteiger charge is -2.27. The van der Waals surface area contributed by atoms with Gasteiger partial charge >= 0.3 is 0 Å². The van der Waals surface area contributed by atoms with Gasteiger partial charge in [-0.2, -0.15) is 0 Å². The van der Waals surface area contributed by atoms with E-state index in [0.29, 0.717) is 16.7 Å². The Morgan fingerprint density at radius 3 is 2.74 bits per heavy atom. The Labute approximate surface area is 143 Å². The Bertz CT molecular complexity index is 653. The van der Waals surface area contributed by atoms with E-state index in [1.807, 2.05) is 0 Å². The van der Waals surface area contributed by atoms with Crippen molar-refractivity contribution in [3.8, 4) is 0 Å². The van der Waals surface area contributed by atoms with Gasteiger partial charge in [-0.15, -0.1) is 0 Å². The van der Waals surface area contributed by atoms with Crippen molar-refractivity contribution in [2.45, 2.75) is 0 Å². The summed E-state index contributed by atoms with van der Waals surface area (Å²) in [6, 6.07) is 5.31. The Morgan fingerprint density at radius 1 is 1.17 bits per heavy atom. The van der Waals surface area contributed by atoms with Crippen molar-refractivity contribution < 1.29 is 9.59 Å². The smallest absolute Gasteiger partial charge is 0.260 e. The normalized spacial score (nSPS) is 20.3. The molecule has 0 atom stereocenters. The second-order valence-electron chi connectivity index (χ2n) is 5.58. The summed E-state index contributed by atoms with van der Waals surface area (Å²) in [5.74, 6) is -0.717. The molecule has 122 valence electrons. The number of amides is 2. The molecule has 1 aromatic rings. The van der Waals surface area contributed by atoms with Crippen molar-refractivity contribution >= 4 is 33.3 Å². The zero-order valence-corrected chi connectivity index (χ0v) is 14.3. The molecule has 0 saturated carbocycles. The molecule has 1 saturated heterocycles. The van der Waals surface area contributed by atoms with Crippen LogP contribution in [0.1, 0.15) is 15.9 Å². The van der Waals surface area contributed by atoms with Crippen molar-refractivity contribution in [3.05, 3.63) is 40.0 Å². The van der Waals surface area contributed by atoms with E-state index in [2.05, 4.69) is 36.8 Å². The van der Waals surface area contributed by atoms with Gasteiger partial charge in [0.25, 0.3) is 11.8 Å². The van der Waals surface area contributed by atoms with E-state index in [1.165, 1.54) is 0 Å². The third-order valence-corrected chi connectivity index (χ3v) is 4.51. The maximum Gasteiger partial charge on any atom is 0.260 e. The van der Waals surface area contributed by atoms with Crippen molar-refractivity contribution in [3.63, 3.8) is 0 Å². The first kappa shape index (κ1) is 16.2. The molecule has 7 heteroatoms. The highest BCUT2D eigenvalue weighted by molar-refractivity contribution is 9.10. The van der Waals surface area contributed by atoms with Gasteiger partial charge in [-0.05, 0) is 18.2 Å². The highest BCUT2D eigenvalue weighted by atomic mass is 79.9. The maximum atomic E-state index is 12.1. The van der Waals surface area contributed by atoms with E-state index in [4.69, 9.17) is 0 Å². The van der Waals surface area contributed by atoms with Gasteiger partial charge in [-0.1, -0.05) is 15.9 Å². The lowest BCUT2D eigenvalue weighted by Crippen LogP contribution is -2.45. The molecule has 2 heterocycles. The summed E-state index contributed by atoms with van der Waals surface area (Å²) in [6.45, 7) is 5.82. The fourth-order valence-electron chi connectivity index (χ4n) is 2.77. The third kappa shape index (κ3) is 3.80. The van der Waals surface area contributed by atoms with Gasteiger partial charge in [0.05, 0.1) is 5.57 Å². The average Bonchev–Trinajstić information content (AvgIpc) is 2.54. The van der Waals surface area contributed by atoms with Crippen LogP contribution in [0.4, 0.5) is 0 Å². The Kier molecular flexibility index (Phi) is 5.09. The number of halogens is 1. The minimum atomic E-state index is -0.365. The second kappa shape index (κ2) is 7.25. The molecular weight excluding hydrogens is 360 g/mol. The summed E-state index contributed by atoms with van der Waals surface area (Å²) < 4.78 is 0.838. The maximum absolute atomic E-state index is 12.1. The van der Waals surface area contributed by atoms with Crippen LogP contribution in [0.25, 0.3) is 5.57 Å². The molecule has 0 unspecified atom stereocenters. The molecule has 6 nitrogen and oxygen atoms in total. The number of piperazine rings is 1. The molecule has 0 aromatic heterocycles. The third-order valence-electron chi connectivity index (χ3n) is 4.02. The molecule has 2 aliphatic rings. The number of nitrogens with one attached hydrogen (secondary N) is 3. The molecule has 1 aromatic carbocycles. The Balaban J connectivity index is 1.68. The Hall–Kier alpha value is -1.70. The van der Waals surface area contributed by atoms with Crippen LogP contribution in [0.5, 0.6) is 0 Å². The van der Waals surface area contributed by atoms with Crippen LogP contribution < -0.4 is 16.0 Å². The van der Waals surface area contributed by atoms with Crippen LogP contribution in [0, 0.1) is 0 Å². The molecule has 0 radical (unpaired) electrons. The predicted octanol–water partition coefficient (Wildman–Crippen LogP) is 0.555. The summed E-state index contributed by atoms with van der Waals surface area (Å²) in [5.41, 5.74) is 1.66. The van der Waals surface area contributed by atoms with Crippen molar-refractivity contribution in [1.29, 1.82) is 0 Å². The molecule has 1 fully saturated rings. The van der Waals surface area contributed by atoms with Crippen molar-refractivity contribution in [2.24, 2.45) is 0 Å². The van der Waals surface area contributed by atoms with E-state index in [1.54, 1.807) is 24.4 Å². The number of carbonyl (C=O) groups is 2. The standard InChI is InChI=1S/C16H19BrN4O2/c17-11-1-2-12-13(9-11)14(16(23)20-15(12)22)10-19-5-8-21-6-3-18-4-7-21/h1-2,9-10,18-19H,3-8H2,(H,20,22,23)/b14-10+.